The van der Waals surface area contributed by atoms with Crippen molar-refractivity contribution in [1.29, 1.82) is 0 Å². The molecular formula is C23H38O6P2. The van der Waals surface area contributed by atoms with Crippen LogP contribution in [0.4, 0.5) is 0 Å². The molecule has 0 aromatic heterocycles. The molecule has 0 N–H and O–H groups in total. The van der Waals surface area contributed by atoms with Crippen molar-refractivity contribution in [2.75, 3.05) is 12.3 Å². The SMILES string of the molecule is CC12C[C@@]3(C)OC(C)(O[C@@](C)(C1)O3)P2CCCP1C2(C)C[C@@]3(C)OC1(C)O[C@@](C)(C2)O3. The van der Waals surface area contributed by atoms with Crippen molar-refractivity contribution < 1.29 is 28.4 Å². The Hall–Kier alpha value is 0.620. The molecule has 31 heavy (non-hydrogen) atoms. The Morgan fingerprint density at radius 1 is 0.484 bits per heavy atom. The van der Waals surface area contributed by atoms with Crippen molar-refractivity contribution in [3.8, 4) is 0 Å². The molecule has 6 nitrogen and oxygen atoms in total. The smallest absolute Gasteiger partial charge is 0.190 e. The molecule has 8 saturated heterocycles. The summed E-state index contributed by atoms with van der Waals surface area (Å²) >= 11 is 0. The first kappa shape index (κ1) is 22.1. The summed E-state index contributed by atoms with van der Waals surface area (Å²) in [6.45, 7) is 17.6. The van der Waals surface area contributed by atoms with Gasteiger partial charge in [-0.15, -0.1) is 0 Å². The number of rotatable bonds is 4. The lowest BCUT2D eigenvalue weighted by Crippen LogP contribution is -2.72. The Kier molecular flexibility index (Phi) is 4.19. The van der Waals surface area contributed by atoms with Gasteiger partial charge in [0.25, 0.3) is 0 Å². The zero-order chi connectivity index (χ0) is 22.3. The average Bonchev–Trinajstić information content (AvgIpc) is 2.43. The van der Waals surface area contributed by atoms with E-state index < -0.39 is 50.0 Å². The van der Waals surface area contributed by atoms with E-state index in [0.29, 0.717) is 0 Å². The standard InChI is InChI=1S/C23H38O6P2/c1-16-12-18(3)24-19(4,13-16)27-22(7,26-18)30(16)10-9-11-31-17(2)14-20(5)25-21(6,15-17)29-23(31,8)28-20/h9-15H2,1-8H3/t16?,17?,18-,19+,20-,21+,22?,23?,30?,31?. The average molecular weight is 472 g/mol. The highest BCUT2D eigenvalue weighted by atomic mass is 31.1. The fourth-order valence-corrected chi connectivity index (χ4v) is 16.9. The van der Waals surface area contributed by atoms with Gasteiger partial charge in [-0.2, -0.15) is 0 Å². The molecule has 176 valence electrons. The largest absolute Gasteiger partial charge is 0.319 e. The van der Waals surface area contributed by atoms with E-state index in [9.17, 15) is 0 Å². The summed E-state index contributed by atoms with van der Waals surface area (Å²) < 4.78 is 38.3. The molecular weight excluding hydrogens is 434 g/mol. The predicted molar refractivity (Wildman–Crippen MR) is 120 cm³/mol. The summed E-state index contributed by atoms with van der Waals surface area (Å²) in [6.07, 6.45) is 7.33. The molecule has 8 heteroatoms. The van der Waals surface area contributed by atoms with E-state index in [1.807, 2.05) is 0 Å². The van der Waals surface area contributed by atoms with Gasteiger partial charge >= 0.3 is 0 Å². The zero-order valence-corrected chi connectivity index (χ0v) is 22.1. The minimum atomic E-state index is -0.521. The summed E-state index contributed by atoms with van der Waals surface area (Å²) in [7, 11) is -0.898. The van der Waals surface area contributed by atoms with Gasteiger partial charge in [-0.25, -0.2) is 0 Å². The van der Waals surface area contributed by atoms with Gasteiger partial charge < -0.3 is 28.4 Å². The first-order valence-corrected chi connectivity index (χ1v) is 14.9. The second-order valence-electron chi connectivity index (χ2n) is 12.3. The van der Waals surface area contributed by atoms with Crippen molar-refractivity contribution >= 4 is 15.8 Å². The van der Waals surface area contributed by atoms with Crippen LogP contribution in [0.2, 0.25) is 0 Å². The Labute approximate surface area is 188 Å². The third kappa shape index (κ3) is 3.05. The van der Waals surface area contributed by atoms with Crippen molar-refractivity contribution in [3.05, 3.63) is 0 Å². The minimum absolute atomic E-state index is 0.231. The fraction of sp³-hybridized carbons (Fsp3) is 1.00. The van der Waals surface area contributed by atoms with Crippen LogP contribution in [0.3, 0.4) is 0 Å². The van der Waals surface area contributed by atoms with Crippen LogP contribution in [-0.2, 0) is 28.4 Å². The van der Waals surface area contributed by atoms with Gasteiger partial charge in [0.2, 0.25) is 0 Å². The summed E-state index contributed by atoms with van der Waals surface area (Å²) in [6, 6.07) is 0. The maximum absolute atomic E-state index is 6.47. The summed E-state index contributed by atoms with van der Waals surface area (Å²) in [5, 5.41) is 0.463. The Balaban J connectivity index is 1.20. The van der Waals surface area contributed by atoms with Crippen LogP contribution < -0.4 is 0 Å². The highest BCUT2D eigenvalue weighted by Gasteiger charge is 2.72. The third-order valence-corrected chi connectivity index (χ3v) is 15.4. The molecule has 0 amide bonds. The number of hydrogen-bond donors (Lipinski definition) is 0. The van der Waals surface area contributed by atoms with E-state index in [1.54, 1.807) is 0 Å². The quantitative estimate of drug-likeness (QED) is 0.481. The highest BCUT2D eigenvalue weighted by molar-refractivity contribution is 7.61. The number of ether oxygens (including phenoxy) is 6. The molecule has 8 bridgehead atoms. The van der Waals surface area contributed by atoms with Crippen LogP contribution in [0.15, 0.2) is 0 Å². The first-order chi connectivity index (χ1) is 14.0. The number of hydrogen-bond acceptors (Lipinski definition) is 6. The van der Waals surface area contributed by atoms with E-state index >= 15 is 0 Å². The van der Waals surface area contributed by atoms with Crippen LogP contribution in [0, 0.1) is 0 Å². The van der Waals surface area contributed by atoms with E-state index in [-0.39, 0.29) is 10.3 Å². The van der Waals surface area contributed by atoms with Crippen LogP contribution in [0.1, 0.15) is 87.5 Å². The second-order valence-corrected chi connectivity index (χ2v) is 18.7. The molecule has 0 aromatic rings. The molecule has 0 spiro atoms. The summed E-state index contributed by atoms with van der Waals surface area (Å²) in [5.74, 6) is -2.08. The first-order valence-electron chi connectivity index (χ1n) is 11.8. The van der Waals surface area contributed by atoms with Crippen LogP contribution in [-0.4, -0.2) is 56.8 Å². The fourth-order valence-electron chi connectivity index (χ4n) is 8.74. The Bertz CT molecular complexity index is 679. The second kappa shape index (κ2) is 5.88. The molecule has 8 aliphatic heterocycles. The van der Waals surface area contributed by atoms with Crippen molar-refractivity contribution in [1.82, 2.24) is 0 Å². The van der Waals surface area contributed by atoms with Crippen LogP contribution >= 0.6 is 15.8 Å². The van der Waals surface area contributed by atoms with Gasteiger partial charge in [-0.05, 0) is 76.1 Å². The van der Waals surface area contributed by atoms with Crippen molar-refractivity contribution in [2.24, 2.45) is 0 Å². The van der Waals surface area contributed by atoms with Gasteiger partial charge in [-0.1, -0.05) is 13.8 Å². The normalized spacial score (nSPS) is 66.2. The Morgan fingerprint density at radius 2 is 0.774 bits per heavy atom. The van der Waals surface area contributed by atoms with Crippen LogP contribution in [0.25, 0.3) is 0 Å². The molecule has 8 aliphatic rings. The van der Waals surface area contributed by atoms with Gasteiger partial charge in [0.1, 0.15) is 0 Å². The summed E-state index contributed by atoms with van der Waals surface area (Å²) in [4.78, 5) is 0. The van der Waals surface area contributed by atoms with E-state index in [0.717, 1.165) is 44.4 Å². The molecule has 6 unspecified atom stereocenters. The topological polar surface area (TPSA) is 55.4 Å². The van der Waals surface area contributed by atoms with Crippen molar-refractivity contribution in [2.45, 2.75) is 132 Å². The van der Waals surface area contributed by atoms with E-state index in [4.69, 9.17) is 28.4 Å². The highest BCUT2D eigenvalue weighted by Crippen LogP contribution is 2.79. The van der Waals surface area contributed by atoms with E-state index in [1.165, 1.54) is 0 Å². The third-order valence-electron chi connectivity index (χ3n) is 8.34. The van der Waals surface area contributed by atoms with Gasteiger partial charge in [-0.3, -0.25) is 0 Å². The van der Waals surface area contributed by atoms with Crippen molar-refractivity contribution in [3.63, 3.8) is 0 Å². The lowest BCUT2D eigenvalue weighted by atomic mass is 9.88. The maximum Gasteiger partial charge on any atom is 0.190 e. The molecule has 0 aromatic carbocycles. The molecule has 0 saturated carbocycles. The lowest BCUT2D eigenvalue weighted by molar-refractivity contribution is -0.501. The molecule has 0 radical (unpaired) electrons. The van der Waals surface area contributed by atoms with Crippen LogP contribution in [0.5, 0.6) is 0 Å². The van der Waals surface area contributed by atoms with E-state index in [2.05, 4.69) is 55.4 Å². The van der Waals surface area contributed by atoms with Gasteiger partial charge in [0.15, 0.2) is 34.2 Å². The van der Waals surface area contributed by atoms with Gasteiger partial charge in [0, 0.05) is 36.0 Å². The molecule has 10 atom stereocenters. The molecule has 8 fully saturated rings. The monoisotopic (exact) mass is 472 g/mol. The molecule has 0 aliphatic carbocycles. The van der Waals surface area contributed by atoms with Gasteiger partial charge in [0.05, 0.1) is 0 Å². The lowest BCUT2D eigenvalue weighted by Gasteiger charge is -2.70. The predicted octanol–water partition coefficient (Wildman–Crippen LogP) is 5.81. The molecule has 8 rings (SSSR count). The Morgan fingerprint density at radius 3 is 1.03 bits per heavy atom. The molecule has 8 heterocycles. The summed E-state index contributed by atoms with van der Waals surface area (Å²) in [5.41, 5.74) is -1.04. The minimum Gasteiger partial charge on any atom is -0.319 e. The maximum atomic E-state index is 6.47. The zero-order valence-electron chi connectivity index (χ0n) is 20.3.